The second-order valence-electron chi connectivity index (χ2n) is 8.57. The van der Waals surface area contributed by atoms with Gasteiger partial charge in [0.05, 0.1) is 7.11 Å². The molecule has 1 aliphatic carbocycles. The molecule has 2 nitrogen and oxygen atoms in total. The summed E-state index contributed by atoms with van der Waals surface area (Å²) >= 11 is 0. The maximum atomic E-state index is 11.2. The summed E-state index contributed by atoms with van der Waals surface area (Å²) in [6.07, 6.45) is 17.3. The molecule has 1 aliphatic rings. The van der Waals surface area contributed by atoms with Gasteiger partial charge >= 0.3 is 5.97 Å². The lowest BCUT2D eigenvalue weighted by Gasteiger charge is -2.23. The van der Waals surface area contributed by atoms with E-state index in [-0.39, 0.29) is 5.97 Å². The minimum atomic E-state index is -0.105. The number of carbonyl (C=O) groups excluding carboxylic acids is 1. The van der Waals surface area contributed by atoms with Gasteiger partial charge in [-0.1, -0.05) is 69.5 Å². The number of hydrogen-bond donors (Lipinski definition) is 0. The first-order valence-corrected chi connectivity index (χ1v) is 11.5. The summed E-state index contributed by atoms with van der Waals surface area (Å²) in [6.45, 7) is 4.69. The van der Waals surface area contributed by atoms with Crippen molar-refractivity contribution in [1.29, 1.82) is 0 Å². The van der Waals surface area contributed by atoms with E-state index in [1.807, 2.05) is 0 Å². The van der Waals surface area contributed by atoms with Crippen LogP contribution in [-0.4, -0.2) is 13.1 Å². The normalized spacial score (nSPS) is 22.0. The summed E-state index contributed by atoms with van der Waals surface area (Å²) in [5.41, 5.74) is 3.03. The first kappa shape index (κ1) is 22.7. The maximum Gasteiger partial charge on any atom is 0.305 e. The fraction of sp³-hybridized carbons (Fsp3) is 0.654. The number of rotatable bonds is 12. The van der Waals surface area contributed by atoms with Crippen LogP contribution in [0.15, 0.2) is 36.4 Å². The predicted octanol–water partition coefficient (Wildman–Crippen LogP) is 7.23. The van der Waals surface area contributed by atoms with E-state index in [2.05, 4.69) is 50.3 Å². The van der Waals surface area contributed by atoms with Crippen LogP contribution in [0.1, 0.15) is 95.1 Å². The molecule has 0 N–H and O–H groups in total. The van der Waals surface area contributed by atoms with Gasteiger partial charge in [-0.2, -0.15) is 0 Å². The first-order chi connectivity index (χ1) is 13.7. The van der Waals surface area contributed by atoms with Crippen LogP contribution in [0.5, 0.6) is 0 Å². The zero-order chi connectivity index (χ0) is 20.2. The van der Waals surface area contributed by atoms with Gasteiger partial charge in [0.25, 0.3) is 0 Å². The second kappa shape index (κ2) is 12.8. The molecule has 28 heavy (non-hydrogen) atoms. The van der Waals surface area contributed by atoms with E-state index in [4.69, 9.17) is 4.74 Å². The van der Waals surface area contributed by atoms with Gasteiger partial charge in [0.15, 0.2) is 0 Å². The Balaban J connectivity index is 1.82. The zero-order valence-corrected chi connectivity index (χ0v) is 18.3. The lowest BCUT2D eigenvalue weighted by atomic mass is 9.82. The monoisotopic (exact) mass is 384 g/mol. The molecular weight excluding hydrogens is 344 g/mol. The van der Waals surface area contributed by atoms with Crippen molar-refractivity contribution in [1.82, 2.24) is 0 Å². The summed E-state index contributed by atoms with van der Waals surface area (Å²) in [4.78, 5) is 11.2. The average molecular weight is 385 g/mol. The summed E-state index contributed by atoms with van der Waals surface area (Å²) in [5, 5.41) is 0. The molecule has 1 saturated carbocycles. The van der Waals surface area contributed by atoms with Crippen molar-refractivity contribution in [3.05, 3.63) is 47.5 Å². The van der Waals surface area contributed by atoms with Crippen LogP contribution in [0, 0.1) is 11.8 Å². The van der Waals surface area contributed by atoms with E-state index in [0.717, 1.165) is 31.1 Å². The number of unbranched alkanes of at least 4 members (excludes halogenated alkanes) is 4. The van der Waals surface area contributed by atoms with Crippen LogP contribution in [0.4, 0.5) is 0 Å². The molecule has 2 heteroatoms. The topological polar surface area (TPSA) is 26.3 Å². The molecule has 0 bridgehead atoms. The highest BCUT2D eigenvalue weighted by Crippen LogP contribution is 2.45. The smallest absolute Gasteiger partial charge is 0.305 e. The predicted molar refractivity (Wildman–Crippen MR) is 119 cm³/mol. The fourth-order valence-corrected chi connectivity index (χ4v) is 4.68. The van der Waals surface area contributed by atoms with Crippen molar-refractivity contribution in [2.45, 2.75) is 90.4 Å². The SMILES string of the molecule is CCCCCCc1ccc([C@@H]2[C@@H](C/C=C\CCCC(=O)OC)CC[C@@H]2C)cc1. The number of methoxy groups -OCH3 is 1. The van der Waals surface area contributed by atoms with Crippen molar-refractivity contribution < 1.29 is 9.53 Å². The molecular formula is C26H40O2. The Kier molecular flexibility index (Phi) is 10.4. The molecule has 0 spiro atoms. The molecule has 2 rings (SSSR count). The summed E-state index contributed by atoms with van der Waals surface area (Å²) in [7, 11) is 1.46. The highest BCUT2D eigenvalue weighted by Gasteiger charge is 2.33. The number of esters is 1. The van der Waals surface area contributed by atoms with Gasteiger partial charge in [0, 0.05) is 6.42 Å². The van der Waals surface area contributed by atoms with Gasteiger partial charge in [0.2, 0.25) is 0 Å². The van der Waals surface area contributed by atoms with E-state index in [0.29, 0.717) is 12.3 Å². The Bertz CT molecular complexity index is 587. The Hall–Kier alpha value is -1.57. The van der Waals surface area contributed by atoms with Crippen molar-refractivity contribution in [2.75, 3.05) is 7.11 Å². The van der Waals surface area contributed by atoms with Gasteiger partial charge in [0.1, 0.15) is 0 Å². The number of aryl methyl sites for hydroxylation is 1. The standard InChI is InChI=1S/C26H40O2/c1-4-5-6-9-12-22-16-19-24(20-17-22)26-21(2)15-18-23(26)13-10-7-8-11-14-25(27)28-3/h7,10,16-17,19-21,23,26H,4-6,8-9,11-15,18H2,1-3H3/b10-7-/t21-,23-,26-/m0/s1. The maximum absolute atomic E-state index is 11.2. The molecule has 1 aromatic carbocycles. The Morgan fingerprint density at radius 3 is 2.57 bits per heavy atom. The van der Waals surface area contributed by atoms with E-state index in [1.165, 1.54) is 63.2 Å². The van der Waals surface area contributed by atoms with Crippen LogP contribution in [0.25, 0.3) is 0 Å². The van der Waals surface area contributed by atoms with Crippen LogP contribution >= 0.6 is 0 Å². The number of allylic oxidation sites excluding steroid dienone is 2. The first-order valence-electron chi connectivity index (χ1n) is 11.5. The third kappa shape index (κ3) is 7.45. The van der Waals surface area contributed by atoms with E-state index >= 15 is 0 Å². The summed E-state index contributed by atoms with van der Waals surface area (Å²) in [6, 6.07) is 9.53. The minimum absolute atomic E-state index is 0.105. The van der Waals surface area contributed by atoms with Crippen molar-refractivity contribution in [3.8, 4) is 0 Å². The number of hydrogen-bond acceptors (Lipinski definition) is 2. The van der Waals surface area contributed by atoms with Crippen molar-refractivity contribution in [2.24, 2.45) is 11.8 Å². The minimum Gasteiger partial charge on any atom is -0.469 e. The van der Waals surface area contributed by atoms with Crippen molar-refractivity contribution in [3.63, 3.8) is 0 Å². The van der Waals surface area contributed by atoms with Crippen LogP contribution in [-0.2, 0) is 16.0 Å². The molecule has 0 amide bonds. The van der Waals surface area contributed by atoms with Crippen molar-refractivity contribution >= 4 is 5.97 Å². The molecule has 0 heterocycles. The molecule has 3 atom stereocenters. The van der Waals surface area contributed by atoms with Gasteiger partial charge in [-0.15, -0.1) is 0 Å². The van der Waals surface area contributed by atoms with Crippen LogP contribution < -0.4 is 0 Å². The van der Waals surface area contributed by atoms with E-state index < -0.39 is 0 Å². The third-order valence-electron chi connectivity index (χ3n) is 6.38. The number of ether oxygens (including phenoxy) is 1. The van der Waals surface area contributed by atoms with Crippen LogP contribution in [0.2, 0.25) is 0 Å². The molecule has 0 unspecified atom stereocenters. The van der Waals surface area contributed by atoms with E-state index in [9.17, 15) is 4.79 Å². The zero-order valence-electron chi connectivity index (χ0n) is 18.3. The highest BCUT2D eigenvalue weighted by atomic mass is 16.5. The molecule has 0 aromatic heterocycles. The highest BCUT2D eigenvalue weighted by molar-refractivity contribution is 5.69. The van der Waals surface area contributed by atoms with E-state index in [1.54, 1.807) is 0 Å². The largest absolute Gasteiger partial charge is 0.469 e. The number of benzene rings is 1. The average Bonchev–Trinajstić information content (AvgIpc) is 3.08. The Labute approximate surface area is 172 Å². The molecule has 0 saturated heterocycles. The lowest BCUT2D eigenvalue weighted by molar-refractivity contribution is -0.140. The molecule has 156 valence electrons. The van der Waals surface area contributed by atoms with Crippen LogP contribution in [0.3, 0.4) is 0 Å². The summed E-state index contributed by atoms with van der Waals surface area (Å²) in [5.74, 6) is 2.11. The molecule has 1 fully saturated rings. The quantitative estimate of drug-likeness (QED) is 0.216. The molecule has 0 radical (unpaired) electrons. The molecule has 1 aromatic rings. The Morgan fingerprint density at radius 2 is 1.86 bits per heavy atom. The summed E-state index contributed by atoms with van der Waals surface area (Å²) < 4.78 is 4.69. The van der Waals surface area contributed by atoms with Gasteiger partial charge in [-0.05, 0) is 73.8 Å². The lowest BCUT2D eigenvalue weighted by Crippen LogP contribution is -2.11. The van der Waals surface area contributed by atoms with Gasteiger partial charge in [-0.3, -0.25) is 4.79 Å². The second-order valence-corrected chi connectivity index (χ2v) is 8.57. The van der Waals surface area contributed by atoms with Gasteiger partial charge < -0.3 is 4.74 Å². The Morgan fingerprint density at radius 1 is 1.07 bits per heavy atom. The number of carbonyl (C=O) groups is 1. The fourth-order valence-electron chi connectivity index (χ4n) is 4.68. The van der Waals surface area contributed by atoms with Gasteiger partial charge in [-0.25, -0.2) is 0 Å². The third-order valence-corrected chi connectivity index (χ3v) is 6.38. The molecule has 0 aliphatic heterocycles.